The van der Waals surface area contributed by atoms with Crippen molar-refractivity contribution in [1.82, 2.24) is 0 Å². The van der Waals surface area contributed by atoms with E-state index in [-0.39, 0.29) is 22.0 Å². The normalized spacial score (nSPS) is 10.5. The third-order valence-corrected chi connectivity index (χ3v) is 3.11. The molecule has 2 aromatic carbocycles. The van der Waals surface area contributed by atoms with Crippen molar-refractivity contribution in [3.05, 3.63) is 78.8 Å². The van der Waals surface area contributed by atoms with Crippen molar-refractivity contribution in [3.63, 3.8) is 0 Å². The third-order valence-electron chi connectivity index (χ3n) is 2.80. The number of nitrogens with zero attached hydrogens (tertiary/aromatic N) is 3. The summed E-state index contributed by atoms with van der Waals surface area (Å²) in [6.07, 6.45) is 1.12. The van der Waals surface area contributed by atoms with Gasteiger partial charge in [0.15, 0.2) is 0 Å². The lowest BCUT2D eigenvalue weighted by Crippen LogP contribution is -2.02. The summed E-state index contributed by atoms with van der Waals surface area (Å²) in [6.45, 7) is 0. The van der Waals surface area contributed by atoms with E-state index < -0.39 is 15.8 Å². The van der Waals surface area contributed by atoms with Crippen LogP contribution in [0.3, 0.4) is 0 Å². The van der Waals surface area contributed by atoms with E-state index in [1.807, 2.05) is 0 Å². The van der Waals surface area contributed by atoms with Crippen LogP contribution in [0.25, 0.3) is 0 Å². The fourth-order valence-electron chi connectivity index (χ4n) is 1.69. The minimum atomic E-state index is -0.920. The molecule has 0 aliphatic carbocycles. The number of rotatable bonds is 5. The largest absolute Gasteiger partial charge is 0.367 e. The zero-order valence-corrected chi connectivity index (χ0v) is 12.5. The lowest BCUT2D eigenvalue weighted by Gasteiger charge is -2.01. The monoisotopic (exact) mass is 349 g/mol. The van der Waals surface area contributed by atoms with Crippen LogP contribution in [-0.4, -0.2) is 22.0 Å². The molecule has 0 bridgehead atoms. The molecule has 2 aromatic rings. The first kappa shape index (κ1) is 17.0. The van der Waals surface area contributed by atoms with E-state index in [9.17, 15) is 25.0 Å². The van der Waals surface area contributed by atoms with Crippen LogP contribution in [0.15, 0.2) is 47.6 Å². The molecular formula is C14H8ClN3O6. The molecule has 0 fully saturated rings. The predicted octanol–water partition coefficient (Wildman–Crippen LogP) is 3.35. The zero-order chi connectivity index (χ0) is 17.7. The van der Waals surface area contributed by atoms with Crippen molar-refractivity contribution < 1.29 is 19.5 Å². The van der Waals surface area contributed by atoms with Gasteiger partial charge < -0.3 is 4.84 Å². The van der Waals surface area contributed by atoms with Crippen molar-refractivity contribution in [1.29, 1.82) is 0 Å². The van der Waals surface area contributed by atoms with Gasteiger partial charge >= 0.3 is 5.97 Å². The van der Waals surface area contributed by atoms with Crippen molar-refractivity contribution in [3.8, 4) is 0 Å². The van der Waals surface area contributed by atoms with E-state index in [2.05, 4.69) is 9.99 Å². The number of hydrogen-bond acceptors (Lipinski definition) is 7. The molecule has 0 saturated heterocycles. The van der Waals surface area contributed by atoms with Crippen LogP contribution >= 0.6 is 11.6 Å². The molecule has 2 rings (SSSR count). The molecule has 0 saturated carbocycles. The number of nitro benzene ring substituents is 2. The standard InChI is InChI=1S/C14H8ClN3O6/c15-13-7-11(18(22)23)4-5-12(13)14(19)24-16-8-9-2-1-3-10(6-9)17(20)21/h1-8H. The van der Waals surface area contributed by atoms with Gasteiger partial charge in [-0.05, 0) is 6.07 Å². The summed E-state index contributed by atoms with van der Waals surface area (Å²) in [5.74, 6) is -0.920. The molecule has 10 heteroatoms. The molecule has 0 radical (unpaired) electrons. The molecule has 0 spiro atoms. The molecule has 0 N–H and O–H groups in total. The first-order valence-electron chi connectivity index (χ1n) is 6.31. The molecule has 0 aromatic heterocycles. The number of carbonyl (C=O) groups is 1. The first-order valence-corrected chi connectivity index (χ1v) is 6.69. The highest BCUT2D eigenvalue weighted by molar-refractivity contribution is 6.33. The fraction of sp³-hybridized carbons (Fsp3) is 0. The Hall–Kier alpha value is -3.33. The Morgan fingerprint density at radius 3 is 2.38 bits per heavy atom. The molecule has 24 heavy (non-hydrogen) atoms. The molecular weight excluding hydrogens is 342 g/mol. The minimum absolute atomic E-state index is 0.0986. The Kier molecular flexibility index (Phi) is 5.17. The van der Waals surface area contributed by atoms with Gasteiger partial charge in [0.1, 0.15) is 0 Å². The Balaban J connectivity index is 2.09. The maximum atomic E-state index is 11.8. The predicted molar refractivity (Wildman–Crippen MR) is 84.2 cm³/mol. The highest BCUT2D eigenvalue weighted by Gasteiger charge is 2.16. The number of hydrogen-bond donors (Lipinski definition) is 0. The van der Waals surface area contributed by atoms with E-state index in [4.69, 9.17) is 11.6 Å². The van der Waals surface area contributed by atoms with E-state index in [0.29, 0.717) is 5.56 Å². The van der Waals surface area contributed by atoms with Gasteiger partial charge in [0.05, 0.1) is 26.6 Å². The maximum Gasteiger partial charge on any atom is 0.367 e. The summed E-state index contributed by atoms with van der Waals surface area (Å²) in [5.41, 5.74) is -0.148. The van der Waals surface area contributed by atoms with Gasteiger partial charge in [-0.2, -0.15) is 0 Å². The summed E-state index contributed by atoms with van der Waals surface area (Å²) < 4.78 is 0. The number of benzene rings is 2. The fourth-order valence-corrected chi connectivity index (χ4v) is 1.94. The van der Waals surface area contributed by atoms with Crippen molar-refractivity contribution in [2.45, 2.75) is 0 Å². The Morgan fingerprint density at radius 2 is 1.75 bits per heavy atom. The Morgan fingerprint density at radius 1 is 1.08 bits per heavy atom. The average Bonchev–Trinajstić information content (AvgIpc) is 2.54. The van der Waals surface area contributed by atoms with Crippen molar-refractivity contribution >= 4 is 35.2 Å². The number of carbonyl (C=O) groups excluding carboxylic acids is 1. The van der Waals surface area contributed by atoms with Crippen molar-refractivity contribution in [2.24, 2.45) is 5.16 Å². The van der Waals surface area contributed by atoms with Gasteiger partial charge in [0.25, 0.3) is 11.4 Å². The highest BCUT2D eigenvalue weighted by Crippen LogP contribution is 2.23. The van der Waals surface area contributed by atoms with Crippen LogP contribution in [-0.2, 0) is 4.84 Å². The minimum Gasteiger partial charge on any atom is -0.313 e. The summed E-state index contributed by atoms with van der Waals surface area (Å²) >= 11 is 5.79. The van der Waals surface area contributed by atoms with Gasteiger partial charge in [0, 0.05) is 29.8 Å². The van der Waals surface area contributed by atoms with Crippen LogP contribution in [0.4, 0.5) is 11.4 Å². The highest BCUT2D eigenvalue weighted by atomic mass is 35.5. The topological polar surface area (TPSA) is 125 Å². The van der Waals surface area contributed by atoms with Crippen LogP contribution < -0.4 is 0 Å². The lowest BCUT2D eigenvalue weighted by molar-refractivity contribution is -0.385. The second kappa shape index (κ2) is 7.29. The molecule has 0 amide bonds. The quantitative estimate of drug-likeness (QED) is 0.352. The number of nitro groups is 2. The summed E-state index contributed by atoms with van der Waals surface area (Å²) in [4.78, 5) is 36.5. The van der Waals surface area contributed by atoms with E-state index in [1.54, 1.807) is 0 Å². The van der Waals surface area contributed by atoms with Gasteiger partial charge in [0.2, 0.25) is 0 Å². The second-order valence-corrected chi connectivity index (χ2v) is 4.79. The first-order chi connectivity index (χ1) is 11.4. The number of oxime groups is 1. The zero-order valence-electron chi connectivity index (χ0n) is 11.8. The molecule has 0 aliphatic rings. The van der Waals surface area contributed by atoms with E-state index in [1.165, 1.54) is 24.3 Å². The molecule has 122 valence electrons. The van der Waals surface area contributed by atoms with E-state index in [0.717, 1.165) is 24.4 Å². The maximum absolute atomic E-state index is 11.8. The molecule has 0 unspecified atom stereocenters. The Labute approximate surface area is 139 Å². The smallest absolute Gasteiger partial charge is 0.313 e. The number of non-ortho nitro benzene ring substituents is 2. The molecule has 0 heterocycles. The SMILES string of the molecule is O=C(ON=Cc1cccc([N+](=O)[O-])c1)c1ccc([N+](=O)[O-])cc1Cl. The van der Waals surface area contributed by atoms with Gasteiger partial charge in [-0.1, -0.05) is 28.9 Å². The van der Waals surface area contributed by atoms with Crippen LogP contribution in [0.5, 0.6) is 0 Å². The van der Waals surface area contributed by atoms with Gasteiger partial charge in [-0.25, -0.2) is 4.79 Å². The van der Waals surface area contributed by atoms with E-state index >= 15 is 0 Å². The van der Waals surface area contributed by atoms with Crippen molar-refractivity contribution in [2.75, 3.05) is 0 Å². The lowest BCUT2D eigenvalue weighted by atomic mass is 10.2. The van der Waals surface area contributed by atoms with Crippen LogP contribution in [0.1, 0.15) is 15.9 Å². The Bertz CT molecular complexity index is 852. The summed E-state index contributed by atoms with van der Waals surface area (Å²) in [6, 6.07) is 8.80. The van der Waals surface area contributed by atoms with Crippen LogP contribution in [0, 0.1) is 20.2 Å². The second-order valence-electron chi connectivity index (χ2n) is 4.39. The molecule has 0 aliphatic heterocycles. The average molecular weight is 350 g/mol. The van der Waals surface area contributed by atoms with Gasteiger partial charge in [-0.15, -0.1) is 0 Å². The molecule has 9 nitrogen and oxygen atoms in total. The van der Waals surface area contributed by atoms with Crippen LogP contribution in [0.2, 0.25) is 5.02 Å². The number of halogens is 1. The summed E-state index contributed by atoms with van der Waals surface area (Å²) in [7, 11) is 0. The van der Waals surface area contributed by atoms with Gasteiger partial charge in [-0.3, -0.25) is 20.2 Å². The summed E-state index contributed by atoms with van der Waals surface area (Å²) in [5, 5.41) is 24.5. The third kappa shape index (κ3) is 4.11. The molecule has 0 atom stereocenters.